The van der Waals surface area contributed by atoms with Gasteiger partial charge in [-0.25, -0.2) is 8.78 Å². The highest BCUT2D eigenvalue weighted by Gasteiger charge is 2.07. The van der Waals surface area contributed by atoms with Crippen molar-refractivity contribution in [2.75, 3.05) is 0 Å². The molecule has 0 nitrogen and oxygen atoms in total. The van der Waals surface area contributed by atoms with Crippen LogP contribution in [0, 0.1) is 11.6 Å². The van der Waals surface area contributed by atoms with E-state index in [-0.39, 0.29) is 11.6 Å². The third-order valence-electron chi connectivity index (χ3n) is 2.26. The van der Waals surface area contributed by atoms with Gasteiger partial charge in [0.15, 0.2) is 0 Å². The molecular weight excluding hydrogens is 262 g/mol. The quantitative estimate of drug-likeness (QED) is 0.714. The zero-order valence-electron chi connectivity index (χ0n) is 8.79. The molecule has 0 amide bonds. The van der Waals surface area contributed by atoms with E-state index in [0.29, 0.717) is 16.3 Å². The molecule has 4 heteroatoms. The first-order valence-electron chi connectivity index (χ1n) is 4.98. The smallest absolute Gasteiger partial charge is 0.128 e. The predicted molar refractivity (Wildman–Crippen MR) is 67.4 cm³/mol. The molecule has 0 aliphatic heterocycles. The Morgan fingerprint density at radius 1 is 1.00 bits per heavy atom. The van der Waals surface area contributed by atoms with Gasteiger partial charge in [-0.1, -0.05) is 17.7 Å². The van der Waals surface area contributed by atoms with Crippen molar-refractivity contribution in [3.8, 4) is 0 Å². The zero-order chi connectivity index (χ0) is 12.3. The summed E-state index contributed by atoms with van der Waals surface area (Å²) < 4.78 is 26.1. The largest absolute Gasteiger partial charge is 0.207 e. The van der Waals surface area contributed by atoms with Crippen LogP contribution in [0.15, 0.2) is 47.4 Å². The zero-order valence-corrected chi connectivity index (χ0v) is 10.4. The lowest BCUT2D eigenvalue weighted by molar-refractivity contribution is 0.617. The first-order chi connectivity index (χ1) is 8.16. The van der Waals surface area contributed by atoms with E-state index in [4.69, 9.17) is 11.6 Å². The second-order valence-electron chi connectivity index (χ2n) is 3.44. The average molecular weight is 271 g/mol. The van der Waals surface area contributed by atoms with Gasteiger partial charge in [-0.05, 0) is 36.4 Å². The van der Waals surface area contributed by atoms with Crippen molar-refractivity contribution in [3.63, 3.8) is 0 Å². The van der Waals surface area contributed by atoms with Gasteiger partial charge in [0, 0.05) is 21.2 Å². The van der Waals surface area contributed by atoms with Crippen LogP contribution in [0.4, 0.5) is 8.78 Å². The molecule has 0 radical (unpaired) electrons. The van der Waals surface area contributed by atoms with Crippen molar-refractivity contribution < 1.29 is 8.78 Å². The molecule has 0 aliphatic carbocycles. The van der Waals surface area contributed by atoms with E-state index in [1.165, 1.54) is 30.0 Å². The SMILES string of the molecule is Fc1ccc(SCc2c(F)cccc2Cl)cc1. The summed E-state index contributed by atoms with van der Waals surface area (Å²) in [7, 11) is 0. The van der Waals surface area contributed by atoms with Gasteiger partial charge >= 0.3 is 0 Å². The molecule has 0 saturated carbocycles. The monoisotopic (exact) mass is 270 g/mol. The fraction of sp³-hybridized carbons (Fsp3) is 0.0769. The molecule has 0 N–H and O–H groups in total. The number of thioether (sulfide) groups is 1. The van der Waals surface area contributed by atoms with E-state index in [9.17, 15) is 8.78 Å². The van der Waals surface area contributed by atoms with Crippen molar-refractivity contribution in [3.05, 3.63) is 64.7 Å². The lowest BCUT2D eigenvalue weighted by Crippen LogP contribution is -1.88. The van der Waals surface area contributed by atoms with Gasteiger partial charge in [0.05, 0.1) is 0 Å². The molecular formula is C13H9ClF2S. The van der Waals surface area contributed by atoms with Crippen molar-refractivity contribution in [1.82, 2.24) is 0 Å². The lowest BCUT2D eigenvalue weighted by atomic mass is 10.2. The maximum absolute atomic E-state index is 13.5. The predicted octanol–water partition coefficient (Wildman–Crippen LogP) is 4.91. The van der Waals surface area contributed by atoms with Crippen LogP contribution in [-0.4, -0.2) is 0 Å². The summed E-state index contributed by atoms with van der Waals surface area (Å²) in [5.74, 6) is -0.165. The molecule has 0 aromatic heterocycles. The first-order valence-corrected chi connectivity index (χ1v) is 6.34. The van der Waals surface area contributed by atoms with Gasteiger partial charge in [0.2, 0.25) is 0 Å². The summed E-state index contributed by atoms with van der Waals surface area (Å²) in [6, 6.07) is 10.7. The molecule has 0 aliphatic rings. The minimum atomic E-state index is -0.313. The highest BCUT2D eigenvalue weighted by atomic mass is 35.5. The van der Waals surface area contributed by atoms with Crippen LogP contribution < -0.4 is 0 Å². The van der Waals surface area contributed by atoms with Gasteiger partial charge in [-0.3, -0.25) is 0 Å². The fourth-order valence-electron chi connectivity index (χ4n) is 1.36. The van der Waals surface area contributed by atoms with E-state index >= 15 is 0 Å². The second kappa shape index (κ2) is 5.52. The van der Waals surface area contributed by atoms with Gasteiger partial charge in [0.25, 0.3) is 0 Å². The Hall–Kier alpha value is -1.06. The van der Waals surface area contributed by atoms with Crippen LogP contribution in [0.1, 0.15) is 5.56 Å². The third kappa shape index (κ3) is 3.20. The minimum Gasteiger partial charge on any atom is -0.207 e. The molecule has 88 valence electrons. The maximum Gasteiger partial charge on any atom is 0.128 e. The summed E-state index contributed by atoms with van der Waals surface area (Å²) in [4.78, 5) is 0.880. The third-order valence-corrected chi connectivity index (χ3v) is 3.65. The number of hydrogen-bond donors (Lipinski definition) is 0. The van der Waals surface area contributed by atoms with E-state index < -0.39 is 0 Å². The molecule has 0 unspecified atom stereocenters. The number of rotatable bonds is 3. The highest BCUT2D eigenvalue weighted by molar-refractivity contribution is 7.98. The van der Waals surface area contributed by atoms with Gasteiger partial charge in [-0.15, -0.1) is 11.8 Å². The fourth-order valence-corrected chi connectivity index (χ4v) is 2.60. The topological polar surface area (TPSA) is 0 Å². The highest BCUT2D eigenvalue weighted by Crippen LogP contribution is 2.28. The second-order valence-corrected chi connectivity index (χ2v) is 4.90. The van der Waals surface area contributed by atoms with Crippen molar-refractivity contribution in [1.29, 1.82) is 0 Å². The van der Waals surface area contributed by atoms with Crippen molar-refractivity contribution in [2.45, 2.75) is 10.6 Å². The van der Waals surface area contributed by atoms with Crippen LogP contribution >= 0.6 is 23.4 Å². The average Bonchev–Trinajstić information content (AvgIpc) is 2.31. The lowest BCUT2D eigenvalue weighted by Gasteiger charge is -2.05. The minimum absolute atomic E-state index is 0.279. The molecule has 0 atom stereocenters. The Labute approximate surface area is 108 Å². The summed E-state index contributed by atoms with van der Waals surface area (Å²) in [5, 5.41) is 0.416. The number of halogens is 3. The molecule has 0 fully saturated rings. The Bertz CT molecular complexity index is 491. The summed E-state index contributed by atoms with van der Waals surface area (Å²) in [6.45, 7) is 0. The first kappa shape index (κ1) is 12.4. The Balaban J connectivity index is 2.10. The summed E-state index contributed by atoms with van der Waals surface area (Å²) >= 11 is 7.33. The molecule has 0 bridgehead atoms. The standard InChI is InChI=1S/C13H9ClF2S/c14-12-2-1-3-13(16)11(12)8-17-10-6-4-9(15)5-7-10/h1-7H,8H2. The summed E-state index contributed by atoms with van der Waals surface area (Å²) in [5.41, 5.74) is 0.475. The Morgan fingerprint density at radius 2 is 1.71 bits per heavy atom. The van der Waals surface area contributed by atoms with E-state index in [0.717, 1.165) is 4.90 Å². The van der Waals surface area contributed by atoms with Crippen molar-refractivity contribution >= 4 is 23.4 Å². The molecule has 2 rings (SSSR count). The van der Waals surface area contributed by atoms with Crippen LogP contribution in [-0.2, 0) is 5.75 Å². The Kier molecular flexibility index (Phi) is 4.02. The van der Waals surface area contributed by atoms with Crippen LogP contribution in [0.3, 0.4) is 0 Å². The molecule has 0 heterocycles. The van der Waals surface area contributed by atoms with Gasteiger partial charge in [-0.2, -0.15) is 0 Å². The van der Waals surface area contributed by atoms with Gasteiger partial charge in [0.1, 0.15) is 11.6 Å². The van der Waals surface area contributed by atoms with Gasteiger partial charge < -0.3 is 0 Å². The number of benzene rings is 2. The van der Waals surface area contributed by atoms with E-state index in [1.807, 2.05) is 0 Å². The van der Waals surface area contributed by atoms with Crippen LogP contribution in [0.5, 0.6) is 0 Å². The van der Waals surface area contributed by atoms with Crippen LogP contribution in [0.2, 0.25) is 5.02 Å². The molecule has 2 aromatic rings. The maximum atomic E-state index is 13.5. The molecule has 2 aromatic carbocycles. The van der Waals surface area contributed by atoms with Crippen molar-refractivity contribution in [2.24, 2.45) is 0 Å². The normalized spacial score (nSPS) is 10.5. The molecule has 0 spiro atoms. The molecule has 17 heavy (non-hydrogen) atoms. The number of hydrogen-bond acceptors (Lipinski definition) is 1. The molecule has 0 saturated heterocycles. The Morgan fingerprint density at radius 3 is 2.35 bits per heavy atom. The van der Waals surface area contributed by atoms with E-state index in [1.54, 1.807) is 24.3 Å². The van der Waals surface area contributed by atoms with E-state index in [2.05, 4.69) is 0 Å². The summed E-state index contributed by atoms with van der Waals surface area (Å²) in [6.07, 6.45) is 0. The van der Waals surface area contributed by atoms with Crippen LogP contribution in [0.25, 0.3) is 0 Å².